The van der Waals surface area contributed by atoms with E-state index >= 15 is 0 Å². The topological polar surface area (TPSA) is 54.4 Å². The lowest BCUT2D eigenvalue weighted by Gasteiger charge is -2.23. The monoisotopic (exact) mass is 309 g/mol. The molecule has 2 heterocycles. The fourth-order valence-corrected chi connectivity index (χ4v) is 3.04. The van der Waals surface area contributed by atoms with Crippen LogP contribution in [0.3, 0.4) is 0 Å². The number of thiazole rings is 1. The highest BCUT2D eigenvalue weighted by Crippen LogP contribution is 2.46. The molecule has 0 radical (unpaired) electrons. The fraction of sp³-hybridized carbons (Fsp3) is 0.500. The van der Waals surface area contributed by atoms with Crippen LogP contribution in [0.4, 0.5) is 13.2 Å². The molecule has 0 bridgehead atoms. The summed E-state index contributed by atoms with van der Waals surface area (Å²) in [5.41, 5.74) is 0. The van der Waals surface area contributed by atoms with E-state index in [-0.39, 0.29) is 11.2 Å². The van der Waals surface area contributed by atoms with Crippen molar-refractivity contribution in [3.63, 3.8) is 0 Å². The van der Waals surface area contributed by atoms with Gasteiger partial charge in [0, 0.05) is 11.6 Å². The van der Waals surface area contributed by atoms with E-state index in [0.29, 0.717) is 11.8 Å². The van der Waals surface area contributed by atoms with Gasteiger partial charge in [-0.3, -0.25) is 4.79 Å². The van der Waals surface area contributed by atoms with Crippen LogP contribution in [0.25, 0.3) is 0 Å². The molecular formula is C10H10F3N3OS2. The van der Waals surface area contributed by atoms with E-state index in [1.807, 2.05) is 0 Å². The third kappa shape index (κ3) is 2.62. The predicted molar refractivity (Wildman–Crippen MR) is 68.2 cm³/mol. The van der Waals surface area contributed by atoms with E-state index in [9.17, 15) is 18.0 Å². The highest BCUT2D eigenvalue weighted by Gasteiger charge is 2.61. The number of amides is 1. The Kier molecular flexibility index (Phi) is 3.61. The average molecular weight is 309 g/mol. The number of aliphatic imine (C=N–C) groups is 1. The smallest absolute Gasteiger partial charge is 0.356 e. The number of nitrogens with zero attached hydrogens (tertiary/aromatic N) is 2. The van der Waals surface area contributed by atoms with E-state index in [0.717, 1.165) is 11.9 Å². The first-order valence-corrected chi connectivity index (χ1v) is 6.98. The molecule has 0 aromatic carbocycles. The van der Waals surface area contributed by atoms with Crippen molar-refractivity contribution in [2.45, 2.75) is 30.8 Å². The van der Waals surface area contributed by atoms with E-state index in [1.165, 1.54) is 11.3 Å². The number of halogens is 3. The Hall–Kier alpha value is -1.09. The summed E-state index contributed by atoms with van der Waals surface area (Å²) in [7, 11) is 0. The number of nitrogens with one attached hydrogen (secondary N) is 1. The number of alkyl halides is 3. The Morgan fingerprint density at radius 1 is 1.47 bits per heavy atom. The number of thioether (sulfide) groups is 1. The number of carbonyl (C=O) groups excluding carboxylic acids is 1. The van der Waals surface area contributed by atoms with Crippen molar-refractivity contribution in [3.8, 4) is 0 Å². The molecule has 2 atom stereocenters. The molecule has 1 aromatic rings. The number of hydrogen-bond donors (Lipinski definition) is 1. The van der Waals surface area contributed by atoms with Crippen LogP contribution >= 0.6 is 23.1 Å². The molecule has 0 saturated heterocycles. The van der Waals surface area contributed by atoms with Crippen molar-refractivity contribution in [1.82, 2.24) is 10.3 Å². The van der Waals surface area contributed by atoms with Gasteiger partial charge in [0.25, 0.3) is 5.91 Å². The van der Waals surface area contributed by atoms with Crippen molar-refractivity contribution in [1.29, 1.82) is 0 Å². The Bertz CT molecular complexity index is 515. The molecule has 1 aromatic heterocycles. The Balaban J connectivity index is 2.09. The molecule has 2 rings (SSSR count). The summed E-state index contributed by atoms with van der Waals surface area (Å²) in [6.45, 7) is 2.59. The summed E-state index contributed by atoms with van der Waals surface area (Å²) >= 11 is 1.77. The minimum absolute atomic E-state index is 0.0208. The van der Waals surface area contributed by atoms with Gasteiger partial charge in [0.05, 0.1) is 6.04 Å². The van der Waals surface area contributed by atoms with Crippen LogP contribution < -0.4 is 5.32 Å². The number of amidine groups is 1. The highest BCUT2D eigenvalue weighted by atomic mass is 32.2. The minimum atomic E-state index is -4.63. The lowest BCUT2D eigenvalue weighted by molar-refractivity contribution is -0.165. The van der Waals surface area contributed by atoms with Gasteiger partial charge in [-0.2, -0.15) is 18.2 Å². The van der Waals surface area contributed by atoms with Gasteiger partial charge in [-0.1, -0.05) is 11.8 Å². The second kappa shape index (κ2) is 4.78. The molecule has 0 aliphatic carbocycles. The van der Waals surface area contributed by atoms with Gasteiger partial charge in [0.1, 0.15) is 5.01 Å². The molecule has 1 aliphatic heterocycles. The van der Waals surface area contributed by atoms with Crippen molar-refractivity contribution in [3.05, 3.63) is 16.6 Å². The van der Waals surface area contributed by atoms with Crippen LogP contribution in [0, 0.1) is 0 Å². The molecule has 4 nitrogen and oxygen atoms in total. The zero-order valence-electron chi connectivity index (χ0n) is 9.99. The van der Waals surface area contributed by atoms with Crippen molar-refractivity contribution in [2.75, 3.05) is 0 Å². The Morgan fingerprint density at radius 2 is 2.16 bits per heavy atom. The van der Waals surface area contributed by atoms with Gasteiger partial charge < -0.3 is 5.32 Å². The molecule has 104 valence electrons. The summed E-state index contributed by atoms with van der Waals surface area (Å²) in [6.07, 6.45) is -3.03. The molecule has 1 amide bonds. The summed E-state index contributed by atoms with van der Waals surface area (Å²) in [5.74, 6) is -1.18. The van der Waals surface area contributed by atoms with E-state index in [1.54, 1.807) is 18.5 Å². The van der Waals surface area contributed by atoms with Gasteiger partial charge in [0.2, 0.25) is 0 Å². The van der Waals surface area contributed by atoms with Crippen LogP contribution in [0.2, 0.25) is 0 Å². The van der Waals surface area contributed by atoms with Crippen LogP contribution in [0.5, 0.6) is 0 Å². The molecule has 0 spiro atoms. The average Bonchev–Trinajstić information content (AvgIpc) is 2.87. The summed E-state index contributed by atoms with van der Waals surface area (Å²) in [6, 6.07) is -0.297. The van der Waals surface area contributed by atoms with E-state index < -0.39 is 16.8 Å². The van der Waals surface area contributed by atoms with E-state index in [4.69, 9.17) is 0 Å². The maximum atomic E-state index is 12.8. The van der Waals surface area contributed by atoms with Gasteiger partial charge in [-0.15, -0.1) is 11.3 Å². The largest absolute Gasteiger partial charge is 0.412 e. The van der Waals surface area contributed by atoms with Gasteiger partial charge in [0.15, 0.2) is 9.91 Å². The first-order chi connectivity index (χ1) is 8.74. The van der Waals surface area contributed by atoms with Crippen molar-refractivity contribution in [2.24, 2.45) is 4.99 Å². The number of aromatic nitrogens is 1. The predicted octanol–water partition coefficient (Wildman–Crippen LogP) is 2.74. The molecule has 0 fully saturated rings. The second-order valence-corrected chi connectivity index (χ2v) is 6.43. The van der Waals surface area contributed by atoms with Crippen LogP contribution in [0.1, 0.15) is 24.9 Å². The summed E-state index contributed by atoms with van der Waals surface area (Å²) in [5, 5.41) is 5.24. The maximum Gasteiger partial charge on any atom is 0.412 e. The number of hydrogen-bond acceptors (Lipinski definition) is 5. The van der Waals surface area contributed by atoms with Crippen LogP contribution in [0.15, 0.2) is 16.6 Å². The maximum absolute atomic E-state index is 12.8. The molecule has 1 N–H and O–H groups in total. The summed E-state index contributed by atoms with van der Waals surface area (Å²) in [4.78, 5) is 18.9. The molecule has 19 heavy (non-hydrogen) atoms. The molecule has 1 aliphatic rings. The first kappa shape index (κ1) is 14.3. The molecule has 1 unspecified atom stereocenters. The third-order valence-corrected chi connectivity index (χ3v) is 4.79. The fourth-order valence-electron chi connectivity index (χ4n) is 1.39. The SMILES string of the molecule is C[C@H](NC1=NC(=O)C(C)(C(F)(F)F)S1)c1nccs1. The van der Waals surface area contributed by atoms with Gasteiger partial charge >= 0.3 is 6.18 Å². The highest BCUT2D eigenvalue weighted by molar-refractivity contribution is 8.16. The zero-order chi connectivity index (χ0) is 14.3. The van der Waals surface area contributed by atoms with Crippen LogP contribution in [-0.4, -0.2) is 27.0 Å². The normalized spacial score (nSPS) is 25.3. The van der Waals surface area contributed by atoms with Crippen LogP contribution in [-0.2, 0) is 4.79 Å². The number of carbonyl (C=O) groups is 1. The quantitative estimate of drug-likeness (QED) is 0.912. The number of rotatable bonds is 2. The second-order valence-electron chi connectivity index (χ2n) is 4.09. The first-order valence-electron chi connectivity index (χ1n) is 5.29. The standard InChI is InChI=1S/C10H10F3N3OS2/c1-5(6-14-3-4-18-6)15-8-16-7(17)9(2,19-8)10(11,12)13/h3-5H,1-2H3,(H,15,16,17)/t5-,9?/m0/s1. The van der Waals surface area contributed by atoms with Crippen molar-refractivity contribution >= 4 is 34.2 Å². The third-order valence-electron chi connectivity index (χ3n) is 2.61. The molecule has 9 heteroatoms. The lowest BCUT2D eigenvalue weighted by atomic mass is 10.1. The minimum Gasteiger partial charge on any atom is -0.356 e. The van der Waals surface area contributed by atoms with Gasteiger partial charge in [-0.05, 0) is 13.8 Å². The zero-order valence-corrected chi connectivity index (χ0v) is 11.6. The van der Waals surface area contributed by atoms with Gasteiger partial charge in [-0.25, -0.2) is 4.98 Å². The lowest BCUT2D eigenvalue weighted by Crippen LogP contribution is -2.44. The van der Waals surface area contributed by atoms with Crippen molar-refractivity contribution < 1.29 is 18.0 Å². The molecule has 0 saturated carbocycles. The Morgan fingerprint density at radius 3 is 2.63 bits per heavy atom. The van der Waals surface area contributed by atoms with E-state index in [2.05, 4.69) is 15.3 Å². The summed E-state index contributed by atoms with van der Waals surface area (Å²) < 4.78 is 36.0. The Labute approximate surface area is 115 Å². The molecular weight excluding hydrogens is 299 g/mol.